The summed E-state index contributed by atoms with van der Waals surface area (Å²) in [6.07, 6.45) is 2.85. The summed E-state index contributed by atoms with van der Waals surface area (Å²) < 4.78 is 29.3. The van der Waals surface area contributed by atoms with Gasteiger partial charge in [-0.05, 0) is 12.8 Å². The number of sulfone groups is 1. The number of methoxy groups -OCH3 is 1. The third kappa shape index (κ3) is 3.14. The summed E-state index contributed by atoms with van der Waals surface area (Å²) in [5.74, 6) is -0.708. The fraction of sp³-hybridized carbons (Fsp3) is 0.583. The Labute approximate surface area is 127 Å². The first-order chi connectivity index (χ1) is 9.75. The van der Waals surface area contributed by atoms with E-state index in [1.807, 2.05) is 4.90 Å². The quantitative estimate of drug-likeness (QED) is 0.826. The second-order valence-electron chi connectivity index (χ2n) is 5.04. The van der Waals surface area contributed by atoms with Crippen molar-refractivity contribution in [1.82, 2.24) is 0 Å². The van der Waals surface area contributed by atoms with Crippen LogP contribution in [-0.4, -0.2) is 46.9 Å². The van der Waals surface area contributed by atoms with Gasteiger partial charge >= 0.3 is 0 Å². The van der Waals surface area contributed by atoms with E-state index in [9.17, 15) is 13.2 Å². The van der Waals surface area contributed by atoms with E-state index in [2.05, 4.69) is 0 Å². The fourth-order valence-electron chi connectivity index (χ4n) is 2.46. The van der Waals surface area contributed by atoms with E-state index in [0.29, 0.717) is 18.1 Å². The lowest BCUT2D eigenvalue weighted by molar-refractivity contribution is 0.0819. The number of carbonyl (C=O) groups excluding carboxylic acids is 1. The van der Waals surface area contributed by atoms with Gasteiger partial charge < -0.3 is 21.1 Å². The van der Waals surface area contributed by atoms with Crippen molar-refractivity contribution in [2.24, 2.45) is 5.73 Å². The maximum Gasteiger partial charge on any atom is 0.261 e. The molecule has 118 valence electrons. The van der Waals surface area contributed by atoms with Crippen LogP contribution in [0.25, 0.3) is 0 Å². The van der Waals surface area contributed by atoms with Crippen LogP contribution < -0.4 is 16.4 Å². The Bertz CT molecular complexity index is 646. The minimum absolute atomic E-state index is 0.0113. The Morgan fingerprint density at radius 2 is 1.95 bits per heavy atom. The van der Waals surface area contributed by atoms with E-state index in [1.165, 1.54) is 0 Å². The zero-order chi connectivity index (χ0) is 15.8. The number of nitrogen functional groups attached to an aromatic ring is 1. The standard InChI is InChI=1S/C12H19N3O4S2/c1-19-7-3-5-15(6-4-7)12-10(21(2,17)18)8(13)9(20-12)11(14)16/h7H,3-6,13H2,1-2H3,(H2,14,16). The van der Waals surface area contributed by atoms with Crippen molar-refractivity contribution < 1.29 is 17.9 Å². The third-order valence-electron chi connectivity index (χ3n) is 3.54. The van der Waals surface area contributed by atoms with Gasteiger partial charge in [0.25, 0.3) is 5.91 Å². The van der Waals surface area contributed by atoms with Crippen LogP contribution in [0.5, 0.6) is 0 Å². The lowest BCUT2D eigenvalue weighted by Gasteiger charge is -2.32. The van der Waals surface area contributed by atoms with Crippen molar-refractivity contribution in [2.45, 2.75) is 23.8 Å². The van der Waals surface area contributed by atoms with Gasteiger partial charge in [-0.15, -0.1) is 11.3 Å². The van der Waals surface area contributed by atoms with Crippen LogP contribution in [0.15, 0.2) is 4.90 Å². The average molecular weight is 333 g/mol. The van der Waals surface area contributed by atoms with E-state index in [1.54, 1.807) is 7.11 Å². The van der Waals surface area contributed by atoms with Crippen molar-refractivity contribution in [1.29, 1.82) is 0 Å². The molecule has 0 saturated carbocycles. The van der Waals surface area contributed by atoms with Crippen LogP contribution in [0, 0.1) is 0 Å². The van der Waals surface area contributed by atoms with Crippen LogP contribution >= 0.6 is 11.3 Å². The first-order valence-electron chi connectivity index (χ1n) is 6.45. The first kappa shape index (κ1) is 16.1. The number of hydrogen-bond donors (Lipinski definition) is 2. The minimum Gasteiger partial charge on any atom is -0.396 e. The molecule has 0 radical (unpaired) electrons. The van der Waals surface area contributed by atoms with Gasteiger partial charge in [0.1, 0.15) is 14.8 Å². The number of ether oxygens (including phenoxy) is 1. The fourth-order valence-corrected chi connectivity index (χ4v) is 5.07. The summed E-state index contributed by atoms with van der Waals surface area (Å²) in [5, 5.41) is 0.498. The molecule has 1 aliphatic heterocycles. The minimum atomic E-state index is -3.54. The van der Waals surface area contributed by atoms with Crippen molar-refractivity contribution in [3.8, 4) is 0 Å². The zero-order valence-electron chi connectivity index (χ0n) is 12.0. The number of nitrogens with zero attached hydrogens (tertiary/aromatic N) is 1. The van der Waals surface area contributed by atoms with Crippen LogP contribution in [-0.2, 0) is 14.6 Å². The van der Waals surface area contributed by atoms with Gasteiger partial charge in [0.2, 0.25) is 0 Å². The van der Waals surface area contributed by atoms with Gasteiger partial charge in [-0.1, -0.05) is 0 Å². The number of thiophene rings is 1. The zero-order valence-corrected chi connectivity index (χ0v) is 13.6. The maximum absolute atomic E-state index is 12.0. The molecule has 1 saturated heterocycles. The predicted molar refractivity (Wildman–Crippen MR) is 82.6 cm³/mol. The van der Waals surface area contributed by atoms with Crippen molar-refractivity contribution in [3.63, 3.8) is 0 Å². The molecule has 0 spiro atoms. The average Bonchev–Trinajstić information content (AvgIpc) is 2.76. The second-order valence-corrected chi connectivity index (χ2v) is 7.99. The van der Waals surface area contributed by atoms with Crippen molar-refractivity contribution in [2.75, 3.05) is 37.1 Å². The Morgan fingerprint density at radius 1 is 1.38 bits per heavy atom. The molecule has 0 bridgehead atoms. The number of amides is 1. The summed E-state index contributed by atoms with van der Waals surface area (Å²) in [4.78, 5) is 13.5. The Kier molecular flexibility index (Phi) is 4.45. The summed E-state index contributed by atoms with van der Waals surface area (Å²) in [6, 6.07) is 0. The van der Waals surface area contributed by atoms with Gasteiger partial charge in [-0.3, -0.25) is 4.79 Å². The summed E-state index contributed by atoms with van der Waals surface area (Å²) in [5.41, 5.74) is 11.1. The van der Waals surface area contributed by atoms with Crippen LogP contribution in [0.3, 0.4) is 0 Å². The van der Waals surface area contributed by atoms with Crippen LogP contribution in [0.2, 0.25) is 0 Å². The highest BCUT2D eigenvalue weighted by Gasteiger charge is 2.31. The highest BCUT2D eigenvalue weighted by atomic mass is 32.2. The van der Waals surface area contributed by atoms with E-state index >= 15 is 0 Å². The molecule has 9 heteroatoms. The molecule has 0 unspecified atom stereocenters. The molecule has 4 N–H and O–H groups in total. The number of rotatable bonds is 4. The van der Waals surface area contributed by atoms with Gasteiger partial charge in [-0.2, -0.15) is 0 Å². The van der Waals surface area contributed by atoms with E-state index in [4.69, 9.17) is 16.2 Å². The number of hydrogen-bond acceptors (Lipinski definition) is 7. The predicted octanol–water partition coefficient (Wildman–Crippen LogP) is 0.448. The van der Waals surface area contributed by atoms with Gasteiger partial charge in [-0.25, -0.2) is 8.42 Å². The smallest absolute Gasteiger partial charge is 0.261 e. The Balaban J connectivity index is 2.44. The summed E-state index contributed by atoms with van der Waals surface area (Å²) in [6.45, 7) is 1.30. The Hall–Kier alpha value is -1.32. The molecule has 1 aromatic heterocycles. The van der Waals surface area contributed by atoms with Crippen LogP contribution in [0.4, 0.5) is 10.7 Å². The number of carbonyl (C=O) groups is 1. The molecule has 1 amide bonds. The maximum atomic E-state index is 12.0. The molecular weight excluding hydrogens is 314 g/mol. The topological polar surface area (TPSA) is 116 Å². The molecule has 2 heterocycles. The number of anilines is 2. The van der Waals surface area contributed by atoms with Gasteiger partial charge in [0.15, 0.2) is 9.84 Å². The lowest BCUT2D eigenvalue weighted by Crippen LogP contribution is -2.36. The van der Waals surface area contributed by atoms with E-state index < -0.39 is 15.7 Å². The first-order valence-corrected chi connectivity index (χ1v) is 9.16. The molecule has 0 aliphatic carbocycles. The van der Waals surface area contributed by atoms with Crippen LogP contribution in [0.1, 0.15) is 22.5 Å². The molecule has 7 nitrogen and oxygen atoms in total. The van der Waals surface area contributed by atoms with E-state index in [0.717, 1.165) is 30.4 Å². The normalized spacial score (nSPS) is 17.1. The molecule has 0 atom stereocenters. The highest BCUT2D eigenvalue weighted by Crippen LogP contribution is 2.42. The molecule has 1 aliphatic rings. The third-order valence-corrected chi connectivity index (χ3v) is 6.10. The molecule has 1 aromatic rings. The molecule has 1 fully saturated rings. The number of piperidine rings is 1. The van der Waals surface area contributed by atoms with Gasteiger partial charge in [0.05, 0.1) is 11.8 Å². The number of nitrogens with two attached hydrogens (primary N) is 2. The molecular formula is C12H19N3O4S2. The summed E-state index contributed by atoms with van der Waals surface area (Å²) >= 11 is 1.04. The molecule has 2 rings (SSSR count). The second kappa shape index (κ2) is 5.82. The summed E-state index contributed by atoms with van der Waals surface area (Å²) in [7, 11) is -1.88. The van der Waals surface area contributed by atoms with Gasteiger partial charge in [0, 0.05) is 26.5 Å². The van der Waals surface area contributed by atoms with Crippen molar-refractivity contribution >= 4 is 37.8 Å². The highest BCUT2D eigenvalue weighted by molar-refractivity contribution is 7.91. The Morgan fingerprint density at radius 3 is 2.38 bits per heavy atom. The van der Waals surface area contributed by atoms with E-state index in [-0.39, 0.29) is 21.6 Å². The van der Waals surface area contributed by atoms with Crippen molar-refractivity contribution in [3.05, 3.63) is 4.88 Å². The molecule has 21 heavy (non-hydrogen) atoms. The molecule has 0 aromatic carbocycles. The number of primary amides is 1. The SMILES string of the molecule is COC1CCN(c2sc(C(N)=O)c(N)c2S(C)(=O)=O)CC1. The monoisotopic (exact) mass is 333 g/mol. The largest absolute Gasteiger partial charge is 0.396 e. The lowest BCUT2D eigenvalue weighted by atomic mass is 10.1.